The van der Waals surface area contributed by atoms with Crippen LogP contribution in [0.25, 0.3) is 0 Å². The van der Waals surface area contributed by atoms with Gasteiger partial charge in [-0.3, -0.25) is 9.69 Å². The van der Waals surface area contributed by atoms with Gasteiger partial charge in [0.05, 0.1) is 13.7 Å². The summed E-state index contributed by atoms with van der Waals surface area (Å²) in [4.78, 5) is 14.2. The summed E-state index contributed by atoms with van der Waals surface area (Å²) in [5.74, 6) is 0.773. The van der Waals surface area contributed by atoms with E-state index in [1.807, 2.05) is 11.9 Å². The van der Waals surface area contributed by atoms with Gasteiger partial charge in [-0.25, -0.2) is 0 Å². The number of ether oxygens (including phenoxy) is 2. The maximum atomic E-state index is 12.4. The number of amides is 1. The highest BCUT2D eigenvalue weighted by molar-refractivity contribution is 5.78. The summed E-state index contributed by atoms with van der Waals surface area (Å²) in [6.07, 6.45) is 4.60. The minimum absolute atomic E-state index is 0.00191. The maximum Gasteiger partial charge on any atom is 0.387 e. The van der Waals surface area contributed by atoms with Crippen LogP contribution in [0.3, 0.4) is 0 Å². The molecule has 1 N–H and O–H groups in total. The molecule has 0 radical (unpaired) electrons. The molecule has 0 spiro atoms. The molecule has 0 unspecified atom stereocenters. The second kappa shape index (κ2) is 9.71. The number of carbonyl (C=O) groups excluding carboxylic acids is 1. The van der Waals surface area contributed by atoms with Crippen molar-refractivity contribution in [3.8, 4) is 11.5 Å². The largest absolute Gasteiger partial charge is 0.493 e. The number of rotatable bonds is 8. The van der Waals surface area contributed by atoms with Crippen molar-refractivity contribution in [2.75, 3.05) is 20.7 Å². The minimum atomic E-state index is -2.90. The second-order valence-corrected chi connectivity index (χ2v) is 6.97. The van der Waals surface area contributed by atoms with Gasteiger partial charge in [-0.2, -0.15) is 8.78 Å². The number of carbonyl (C=O) groups is 1. The predicted octanol–water partition coefficient (Wildman–Crippen LogP) is 3.42. The van der Waals surface area contributed by atoms with Crippen LogP contribution < -0.4 is 14.8 Å². The highest BCUT2D eigenvalue weighted by Crippen LogP contribution is 2.29. The van der Waals surface area contributed by atoms with E-state index >= 15 is 0 Å². The Hall–Kier alpha value is -1.89. The second-order valence-electron chi connectivity index (χ2n) is 6.97. The van der Waals surface area contributed by atoms with Gasteiger partial charge in [-0.15, -0.1) is 0 Å². The normalized spacial score (nSPS) is 20.3. The van der Waals surface area contributed by atoms with Crippen molar-refractivity contribution in [2.45, 2.75) is 51.8 Å². The molecule has 1 amide bonds. The summed E-state index contributed by atoms with van der Waals surface area (Å²) in [5, 5.41) is 3.13. The van der Waals surface area contributed by atoms with Crippen molar-refractivity contribution in [3.63, 3.8) is 0 Å². The van der Waals surface area contributed by atoms with E-state index in [0.717, 1.165) is 24.8 Å². The van der Waals surface area contributed by atoms with Gasteiger partial charge in [0, 0.05) is 12.6 Å². The van der Waals surface area contributed by atoms with Crippen molar-refractivity contribution in [2.24, 2.45) is 5.92 Å². The minimum Gasteiger partial charge on any atom is -0.493 e. The zero-order chi connectivity index (χ0) is 19.1. The van der Waals surface area contributed by atoms with Crippen molar-refractivity contribution in [1.29, 1.82) is 0 Å². The lowest BCUT2D eigenvalue weighted by atomic mass is 9.86. The third-order valence-electron chi connectivity index (χ3n) is 4.77. The molecule has 2 atom stereocenters. The number of nitrogens with zero attached hydrogens (tertiary/aromatic N) is 1. The lowest BCUT2D eigenvalue weighted by Crippen LogP contribution is -2.44. The molecule has 5 nitrogen and oxygen atoms in total. The van der Waals surface area contributed by atoms with Gasteiger partial charge in [0.15, 0.2) is 11.5 Å². The third-order valence-corrected chi connectivity index (χ3v) is 4.77. The van der Waals surface area contributed by atoms with Crippen LogP contribution in [0.5, 0.6) is 11.5 Å². The Labute approximate surface area is 153 Å². The molecular formula is C19H28F2N2O3. The van der Waals surface area contributed by atoms with Crippen LogP contribution in [0.1, 0.15) is 38.2 Å². The highest BCUT2D eigenvalue weighted by Gasteiger charge is 2.23. The van der Waals surface area contributed by atoms with Gasteiger partial charge in [-0.1, -0.05) is 25.8 Å². The predicted molar refractivity (Wildman–Crippen MR) is 95.5 cm³/mol. The molecule has 0 aliphatic heterocycles. The van der Waals surface area contributed by atoms with Gasteiger partial charge in [0.2, 0.25) is 5.91 Å². The molecular weight excluding hydrogens is 342 g/mol. The summed E-state index contributed by atoms with van der Waals surface area (Å²) >= 11 is 0. The molecule has 0 heterocycles. The Morgan fingerprint density at radius 2 is 2.04 bits per heavy atom. The molecule has 7 heteroatoms. The number of hydrogen-bond donors (Lipinski definition) is 1. The number of likely N-dealkylation sites (N-methyl/N-ethyl adjacent to an activating group) is 1. The summed E-state index contributed by atoms with van der Waals surface area (Å²) in [7, 11) is 3.25. The van der Waals surface area contributed by atoms with Gasteiger partial charge < -0.3 is 14.8 Å². The Morgan fingerprint density at radius 3 is 2.69 bits per heavy atom. The molecule has 0 saturated heterocycles. The average molecular weight is 370 g/mol. The molecule has 26 heavy (non-hydrogen) atoms. The molecule has 0 aromatic heterocycles. The molecule has 1 aromatic rings. The summed E-state index contributed by atoms with van der Waals surface area (Å²) < 4.78 is 34.3. The number of methoxy groups -OCH3 is 1. The number of nitrogens with one attached hydrogen (secondary N) is 1. The van der Waals surface area contributed by atoms with E-state index in [0.29, 0.717) is 12.5 Å². The Balaban J connectivity index is 1.88. The van der Waals surface area contributed by atoms with Crippen LogP contribution >= 0.6 is 0 Å². The van der Waals surface area contributed by atoms with Gasteiger partial charge in [0.25, 0.3) is 0 Å². The SMILES string of the molecule is COc1cc(CN(C)CC(=O)N[C@H]2CCCC[C@H]2C)ccc1OC(F)F. The Morgan fingerprint density at radius 1 is 1.31 bits per heavy atom. The van der Waals surface area contributed by atoms with Crippen LogP contribution in [0.2, 0.25) is 0 Å². The van der Waals surface area contributed by atoms with Crippen molar-refractivity contribution in [3.05, 3.63) is 23.8 Å². The Kier molecular flexibility index (Phi) is 7.63. The monoisotopic (exact) mass is 370 g/mol. The molecule has 1 aromatic carbocycles. The van der Waals surface area contributed by atoms with Crippen LogP contribution in [0, 0.1) is 5.92 Å². The number of halogens is 2. The van der Waals surface area contributed by atoms with E-state index in [9.17, 15) is 13.6 Å². The van der Waals surface area contributed by atoms with Crippen molar-refractivity contribution >= 4 is 5.91 Å². The van der Waals surface area contributed by atoms with Gasteiger partial charge >= 0.3 is 6.61 Å². The molecule has 2 rings (SSSR count). The van der Waals surface area contributed by atoms with E-state index < -0.39 is 6.61 Å². The number of hydrogen-bond acceptors (Lipinski definition) is 4. The van der Waals surface area contributed by atoms with E-state index in [4.69, 9.17) is 4.74 Å². The third kappa shape index (κ3) is 6.12. The van der Waals surface area contributed by atoms with E-state index in [1.165, 1.54) is 19.6 Å². The summed E-state index contributed by atoms with van der Waals surface area (Å²) in [6, 6.07) is 5.06. The van der Waals surface area contributed by atoms with Gasteiger partial charge in [-0.05, 0) is 43.5 Å². The van der Waals surface area contributed by atoms with Crippen molar-refractivity contribution < 1.29 is 23.0 Å². The quantitative estimate of drug-likeness (QED) is 0.762. The molecule has 0 bridgehead atoms. The molecule has 1 fully saturated rings. The van der Waals surface area contributed by atoms with E-state index in [-0.39, 0.29) is 30.0 Å². The molecule has 1 saturated carbocycles. The lowest BCUT2D eigenvalue weighted by Gasteiger charge is -2.30. The lowest BCUT2D eigenvalue weighted by molar-refractivity contribution is -0.123. The number of alkyl halides is 2. The first-order valence-corrected chi connectivity index (χ1v) is 8.98. The average Bonchev–Trinajstić information content (AvgIpc) is 2.57. The van der Waals surface area contributed by atoms with Crippen LogP contribution in [-0.4, -0.2) is 44.2 Å². The maximum absolute atomic E-state index is 12.4. The topological polar surface area (TPSA) is 50.8 Å². The van der Waals surface area contributed by atoms with E-state index in [1.54, 1.807) is 12.1 Å². The summed E-state index contributed by atoms with van der Waals surface area (Å²) in [6.45, 7) is 0.0615. The first kappa shape index (κ1) is 20.4. The molecule has 1 aliphatic rings. The zero-order valence-electron chi connectivity index (χ0n) is 15.6. The zero-order valence-corrected chi connectivity index (χ0v) is 15.6. The smallest absolute Gasteiger partial charge is 0.387 e. The fraction of sp³-hybridized carbons (Fsp3) is 0.632. The van der Waals surface area contributed by atoms with Gasteiger partial charge in [0.1, 0.15) is 0 Å². The van der Waals surface area contributed by atoms with Crippen LogP contribution in [0.4, 0.5) is 8.78 Å². The highest BCUT2D eigenvalue weighted by atomic mass is 19.3. The summed E-state index contributed by atoms with van der Waals surface area (Å²) in [5.41, 5.74) is 0.852. The van der Waals surface area contributed by atoms with E-state index in [2.05, 4.69) is 17.0 Å². The first-order valence-electron chi connectivity index (χ1n) is 8.98. The van der Waals surface area contributed by atoms with Crippen LogP contribution in [0.15, 0.2) is 18.2 Å². The standard InChI is InChI=1S/C19H28F2N2O3/c1-13-6-4-5-7-15(13)22-18(24)12-23(2)11-14-8-9-16(26-19(20)21)17(10-14)25-3/h8-10,13,15,19H,4-7,11-12H2,1-3H3,(H,22,24)/t13-,15+/m1/s1. The Bertz CT molecular complexity index is 598. The molecule has 1 aliphatic carbocycles. The fourth-order valence-corrected chi connectivity index (χ4v) is 3.40. The first-order chi connectivity index (χ1) is 12.4. The van der Waals surface area contributed by atoms with Crippen LogP contribution in [-0.2, 0) is 11.3 Å². The fourth-order valence-electron chi connectivity index (χ4n) is 3.40. The number of benzene rings is 1. The van der Waals surface area contributed by atoms with Crippen molar-refractivity contribution in [1.82, 2.24) is 10.2 Å². The molecule has 146 valence electrons.